The van der Waals surface area contributed by atoms with Crippen molar-refractivity contribution in [2.24, 2.45) is 17.8 Å². The predicted octanol–water partition coefficient (Wildman–Crippen LogP) is 7.58. The third-order valence-electron chi connectivity index (χ3n) is 7.17. The van der Waals surface area contributed by atoms with Crippen LogP contribution in [0, 0.1) is 24.7 Å². The topological polar surface area (TPSA) is 79.8 Å². The van der Waals surface area contributed by atoms with Gasteiger partial charge < -0.3 is 18.6 Å². The van der Waals surface area contributed by atoms with E-state index in [1.807, 2.05) is 0 Å². The van der Waals surface area contributed by atoms with E-state index in [0.717, 1.165) is 23.5 Å². The number of aryl methyl sites for hydroxylation is 1. The fraction of sp³-hybridized carbons (Fsp3) is 0.536. The molecule has 0 aliphatic heterocycles. The van der Waals surface area contributed by atoms with Crippen molar-refractivity contribution in [1.82, 2.24) is 10.2 Å². The van der Waals surface area contributed by atoms with Gasteiger partial charge in [0.1, 0.15) is 11.3 Å². The number of ether oxygens (including phenoxy) is 3. The number of hydrogen-bond acceptors (Lipinski definition) is 8. The lowest BCUT2D eigenvalue weighted by Gasteiger charge is -2.43. The number of rotatable bonds is 11. The molecule has 0 aliphatic rings. The molecule has 0 saturated carbocycles. The molecule has 218 valence electrons. The van der Waals surface area contributed by atoms with Crippen molar-refractivity contribution in [3.05, 3.63) is 34.2 Å². The molecular weight excluding hydrogens is 561 g/mol. The van der Waals surface area contributed by atoms with Crippen molar-refractivity contribution < 1.29 is 36.6 Å². The Morgan fingerprint density at radius 3 is 2.15 bits per heavy atom. The highest BCUT2D eigenvalue weighted by Gasteiger charge is 2.44. The summed E-state index contributed by atoms with van der Waals surface area (Å²) in [5.74, 6) is 0.620. The Hall–Kier alpha value is -2.70. The molecule has 1 aromatic carbocycles. The van der Waals surface area contributed by atoms with Gasteiger partial charge in [0.25, 0.3) is 0 Å². The Labute approximate surface area is 239 Å². The first-order valence-corrected chi connectivity index (χ1v) is 14.6. The summed E-state index contributed by atoms with van der Waals surface area (Å²) in [5, 5.41) is 8.57. The number of fused-ring (bicyclic) bond motifs is 1. The van der Waals surface area contributed by atoms with Crippen LogP contribution >= 0.6 is 11.3 Å². The first-order valence-electron chi connectivity index (χ1n) is 12.8. The predicted molar refractivity (Wildman–Crippen MR) is 150 cm³/mol. The van der Waals surface area contributed by atoms with Gasteiger partial charge in [-0.1, -0.05) is 41.5 Å². The second-order valence-electron chi connectivity index (χ2n) is 10.5. The first-order chi connectivity index (χ1) is 18.7. The summed E-state index contributed by atoms with van der Waals surface area (Å²) in [4.78, 5) is 13.0. The van der Waals surface area contributed by atoms with Crippen molar-refractivity contribution in [1.29, 1.82) is 0 Å². The Kier molecular flexibility index (Phi) is 9.89. The fourth-order valence-corrected chi connectivity index (χ4v) is 7.57. The van der Waals surface area contributed by atoms with E-state index in [2.05, 4.69) is 51.7 Å². The average molecular weight is 597 g/mol. The number of aromatic nitrogens is 2. The number of esters is 1. The normalized spacial score (nSPS) is 12.6. The second kappa shape index (κ2) is 12.4. The summed E-state index contributed by atoms with van der Waals surface area (Å²) < 4.78 is 63.0. The maximum absolute atomic E-state index is 13.5. The lowest BCUT2D eigenvalue weighted by Crippen LogP contribution is -2.39. The molecule has 0 amide bonds. The van der Waals surface area contributed by atoms with Crippen LogP contribution in [0.3, 0.4) is 0 Å². The largest absolute Gasteiger partial charge is 0.538 e. The maximum Gasteiger partial charge on any atom is 0.416 e. The van der Waals surface area contributed by atoms with Gasteiger partial charge in [-0.3, -0.25) is 0 Å². The minimum absolute atomic E-state index is 0.0323. The van der Waals surface area contributed by atoms with Gasteiger partial charge in [0.15, 0.2) is 17.4 Å². The highest BCUT2D eigenvalue weighted by Crippen LogP contribution is 2.50. The Balaban J connectivity index is 2.17. The third-order valence-corrected chi connectivity index (χ3v) is 10.7. The van der Waals surface area contributed by atoms with Crippen molar-refractivity contribution in [3.8, 4) is 22.8 Å². The van der Waals surface area contributed by atoms with Crippen LogP contribution in [0.25, 0.3) is 21.5 Å². The molecule has 0 atom stereocenters. The number of alkyl halides is 3. The average Bonchev–Trinajstić information content (AvgIpc) is 3.23. The van der Waals surface area contributed by atoms with Gasteiger partial charge in [-0.05, 0) is 48.4 Å². The highest BCUT2D eigenvalue weighted by molar-refractivity contribution is 7.21. The van der Waals surface area contributed by atoms with Crippen LogP contribution in [0.1, 0.15) is 62.3 Å². The smallest absolute Gasteiger partial charge is 0.416 e. The van der Waals surface area contributed by atoms with Gasteiger partial charge in [-0.25, -0.2) is 4.79 Å². The van der Waals surface area contributed by atoms with Crippen molar-refractivity contribution in [3.63, 3.8) is 0 Å². The van der Waals surface area contributed by atoms with Crippen LogP contribution < -0.4 is 9.16 Å². The molecule has 0 aliphatic carbocycles. The zero-order valence-electron chi connectivity index (χ0n) is 24.1. The molecule has 0 spiro atoms. The Morgan fingerprint density at radius 1 is 1.00 bits per heavy atom. The fourth-order valence-electron chi connectivity index (χ4n) is 5.29. The number of methoxy groups -OCH3 is 2. The van der Waals surface area contributed by atoms with E-state index in [0.29, 0.717) is 44.8 Å². The van der Waals surface area contributed by atoms with Crippen LogP contribution in [-0.2, 0) is 15.7 Å². The van der Waals surface area contributed by atoms with Crippen molar-refractivity contribution in [2.75, 3.05) is 21.0 Å². The van der Waals surface area contributed by atoms with Gasteiger partial charge in [0.05, 0.1) is 23.1 Å². The van der Waals surface area contributed by atoms with Gasteiger partial charge in [-0.2, -0.15) is 13.2 Å². The molecule has 0 fully saturated rings. The molecule has 12 heteroatoms. The maximum atomic E-state index is 13.5. The summed E-state index contributed by atoms with van der Waals surface area (Å²) in [6.07, 6.45) is -4.56. The quantitative estimate of drug-likeness (QED) is 0.128. The van der Waals surface area contributed by atoms with Crippen LogP contribution in [-0.4, -0.2) is 46.9 Å². The minimum Gasteiger partial charge on any atom is -0.538 e. The van der Waals surface area contributed by atoms with Gasteiger partial charge in [-0.15, -0.1) is 21.5 Å². The lowest BCUT2D eigenvalue weighted by molar-refractivity contribution is -0.137. The van der Waals surface area contributed by atoms with E-state index in [1.165, 1.54) is 14.2 Å². The molecule has 2 aromatic heterocycles. The molecular formula is C28H35F3N2O5SSi. The van der Waals surface area contributed by atoms with E-state index < -0.39 is 17.7 Å². The molecule has 2 heterocycles. The third kappa shape index (κ3) is 6.13. The summed E-state index contributed by atoms with van der Waals surface area (Å²) in [6.45, 7) is 14.3. The standard InChI is InChI=1S/C28H35F3N2O5SSi/c1-14(2)27(15(3)4,16(5)6)40-38-24-23-21(39-25(24)26(34)36-9)12-19(32-33-23)22-17(7)10-18(28(29,30)31)11-20(22)37-13-35-8/h10-12,14-16H,13H2,1-9H3. The van der Waals surface area contributed by atoms with E-state index in [4.69, 9.17) is 18.6 Å². The number of nitrogens with zero attached hydrogens (tertiary/aromatic N) is 2. The van der Waals surface area contributed by atoms with Crippen LogP contribution in [0.2, 0.25) is 5.04 Å². The summed E-state index contributed by atoms with van der Waals surface area (Å²) >= 11 is 1.14. The van der Waals surface area contributed by atoms with E-state index in [-0.39, 0.29) is 37.9 Å². The number of hydrogen-bond donors (Lipinski definition) is 0. The molecule has 3 rings (SSSR count). The summed E-state index contributed by atoms with van der Waals surface area (Å²) in [7, 11) is 2.70. The molecule has 7 nitrogen and oxygen atoms in total. The van der Waals surface area contributed by atoms with Gasteiger partial charge >= 0.3 is 21.9 Å². The molecule has 0 unspecified atom stereocenters. The van der Waals surface area contributed by atoms with E-state index in [1.54, 1.807) is 13.0 Å². The molecule has 0 saturated heterocycles. The van der Waals surface area contributed by atoms with E-state index >= 15 is 0 Å². The van der Waals surface area contributed by atoms with Gasteiger partial charge in [0, 0.05) is 17.7 Å². The first kappa shape index (κ1) is 31.8. The number of carbonyl (C=O) groups excluding carboxylic acids is 1. The molecule has 0 bridgehead atoms. The second-order valence-corrected chi connectivity index (χ2v) is 12.8. The van der Waals surface area contributed by atoms with Crippen LogP contribution in [0.4, 0.5) is 13.2 Å². The van der Waals surface area contributed by atoms with Crippen molar-refractivity contribution >= 4 is 37.3 Å². The Morgan fingerprint density at radius 2 is 1.62 bits per heavy atom. The zero-order chi connectivity index (χ0) is 30.0. The summed E-state index contributed by atoms with van der Waals surface area (Å²) in [6, 6.07) is 3.62. The monoisotopic (exact) mass is 596 g/mol. The van der Waals surface area contributed by atoms with E-state index in [9.17, 15) is 18.0 Å². The van der Waals surface area contributed by atoms with Crippen LogP contribution in [0.5, 0.6) is 11.5 Å². The van der Waals surface area contributed by atoms with Crippen LogP contribution in [0.15, 0.2) is 18.2 Å². The SMILES string of the molecule is COCOc1cc(C(F)(F)F)cc(C)c1-c1cc2sc(C(=O)OC)c(O[Si]C(C(C)C)(C(C)C)C(C)C)c2nn1. The lowest BCUT2D eigenvalue weighted by atomic mass is 9.76. The number of benzene rings is 1. The molecule has 3 aromatic rings. The molecule has 2 radical (unpaired) electrons. The molecule has 40 heavy (non-hydrogen) atoms. The number of thiophene rings is 1. The summed E-state index contributed by atoms with van der Waals surface area (Å²) in [5.41, 5.74) is 0.467. The highest BCUT2D eigenvalue weighted by atomic mass is 32.1. The number of halogens is 3. The minimum atomic E-state index is -4.56. The molecule has 0 N–H and O–H groups in total. The van der Waals surface area contributed by atoms with Crippen molar-refractivity contribution in [2.45, 2.75) is 59.7 Å². The van der Waals surface area contributed by atoms with Gasteiger partial charge in [0.2, 0.25) is 0 Å². The number of carbonyl (C=O) groups is 1. The Bertz CT molecular complexity index is 1340. The zero-order valence-corrected chi connectivity index (χ0v) is 26.0.